The second-order valence-electron chi connectivity index (χ2n) is 7.29. The number of benzene rings is 1. The standard InChI is InChI=1S/C19H20ClN3O3/c1-11(17(25)26)19(2,3)10-23-9-13-5-4-12(8-14(13)16(23)24)15-6-7-21-18(20)22-15/h4-8,11H,9-10H2,1-3H3,(H,25,26)/t11-/m0/s1. The average Bonchev–Trinajstić information content (AvgIpc) is 2.89. The smallest absolute Gasteiger partial charge is 0.306 e. The van der Waals surface area contributed by atoms with Gasteiger partial charge in [0, 0.05) is 30.4 Å². The van der Waals surface area contributed by atoms with E-state index in [1.165, 1.54) is 0 Å². The molecule has 1 aromatic heterocycles. The van der Waals surface area contributed by atoms with E-state index in [1.807, 2.05) is 32.0 Å². The fourth-order valence-electron chi connectivity index (χ4n) is 3.11. The second-order valence-corrected chi connectivity index (χ2v) is 7.63. The molecule has 6 nitrogen and oxygen atoms in total. The van der Waals surface area contributed by atoms with Gasteiger partial charge in [-0.15, -0.1) is 0 Å². The molecule has 0 saturated carbocycles. The van der Waals surface area contributed by atoms with Crippen LogP contribution in [0.15, 0.2) is 30.5 Å². The molecule has 0 fully saturated rings. The van der Waals surface area contributed by atoms with E-state index in [9.17, 15) is 14.7 Å². The minimum Gasteiger partial charge on any atom is -0.481 e. The van der Waals surface area contributed by atoms with Crippen molar-refractivity contribution in [3.05, 3.63) is 46.9 Å². The molecular weight excluding hydrogens is 354 g/mol. The van der Waals surface area contributed by atoms with Gasteiger partial charge < -0.3 is 10.0 Å². The summed E-state index contributed by atoms with van der Waals surface area (Å²) in [6, 6.07) is 7.36. The first-order valence-corrected chi connectivity index (χ1v) is 8.71. The molecule has 0 unspecified atom stereocenters. The van der Waals surface area contributed by atoms with Gasteiger partial charge in [0.15, 0.2) is 0 Å². The minimum atomic E-state index is -0.859. The third-order valence-corrected chi connectivity index (χ3v) is 5.23. The van der Waals surface area contributed by atoms with Gasteiger partial charge in [-0.3, -0.25) is 9.59 Å². The predicted octanol–water partition coefficient (Wildman–Crippen LogP) is 3.50. The van der Waals surface area contributed by atoms with Crippen molar-refractivity contribution in [3.8, 4) is 11.3 Å². The highest BCUT2D eigenvalue weighted by atomic mass is 35.5. The van der Waals surface area contributed by atoms with Crippen LogP contribution in [0, 0.1) is 11.3 Å². The van der Waals surface area contributed by atoms with Gasteiger partial charge in [0.05, 0.1) is 11.6 Å². The molecule has 1 aliphatic heterocycles. The number of carboxylic acid groups (broad SMARTS) is 1. The lowest BCUT2D eigenvalue weighted by molar-refractivity contribution is -0.145. The zero-order chi connectivity index (χ0) is 19.1. The van der Waals surface area contributed by atoms with Crippen molar-refractivity contribution < 1.29 is 14.7 Å². The fourth-order valence-corrected chi connectivity index (χ4v) is 3.25. The van der Waals surface area contributed by atoms with Crippen LogP contribution in [-0.2, 0) is 11.3 Å². The molecule has 26 heavy (non-hydrogen) atoms. The Balaban J connectivity index is 1.85. The molecule has 1 atom stereocenters. The van der Waals surface area contributed by atoms with Gasteiger partial charge in [0.2, 0.25) is 5.28 Å². The first-order valence-electron chi connectivity index (χ1n) is 8.33. The molecule has 0 bridgehead atoms. The largest absolute Gasteiger partial charge is 0.481 e. The molecule has 3 rings (SSSR count). The molecule has 0 spiro atoms. The van der Waals surface area contributed by atoms with Gasteiger partial charge in [-0.05, 0) is 34.7 Å². The van der Waals surface area contributed by atoms with E-state index in [-0.39, 0.29) is 11.2 Å². The van der Waals surface area contributed by atoms with E-state index in [1.54, 1.807) is 24.1 Å². The number of fused-ring (bicyclic) bond motifs is 1. The van der Waals surface area contributed by atoms with Crippen LogP contribution in [0.3, 0.4) is 0 Å². The lowest BCUT2D eigenvalue weighted by Gasteiger charge is -2.33. The van der Waals surface area contributed by atoms with Crippen molar-refractivity contribution >= 4 is 23.5 Å². The number of amides is 1. The van der Waals surface area contributed by atoms with E-state index in [4.69, 9.17) is 11.6 Å². The zero-order valence-electron chi connectivity index (χ0n) is 14.9. The highest BCUT2D eigenvalue weighted by Crippen LogP contribution is 2.33. The Bertz CT molecular complexity index is 882. The van der Waals surface area contributed by atoms with Gasteiger partial charge >= 0.3 is 5.97 Å². The summed E-state index contributed by atoms with van der Waals surface area (Å²) in [7, 11) is 0. The van der Waals surface area contributed by atoms with Crippen LogP contribution in [0.1, 0.15) is 36.7 Å². The number of hydrogen-bond acceptors (Lipinski definition) is 4. The number of aliphatic carboxylic acids is 1. The van der Waals surface area contributed by atoms with E-state index >= 15 is 0 Å². The van der Waals surface area contributed by atoms with Crippen LogP contribution < -0.4 is 0 Å². The first-order chi connectivity index (χ1) is 12.2. The number of rotatable bonds is 5. The van der Waals surface area contributed by atoms with Crippen molar-refractivity contribution in [1.82, 2.24) is 14.9 Å². The van der Waals surface area contributed by atoms with Crippen LogP contribution in [0.25, 0.3) is 11.3 Å². The first kappa shape index (κ1) is 18.3. The van der Waals surface area contributed by atoms with E-state index < -0.39 is 17.3 Å². The summed E-state index contributed by atoms with van der Waals surface area (Å²) in [4.78, 5) is 33.9. The van der Waals surface area contributed by atoms with Crippen LogP contribution >= 0.6 is 11.6 Å². The van der Waals surface area contributed by atoms with Gasteiger partial charge in [0.1, 0.15) is 0 Å². The molecule has 1 aromatic carbocycles. The quantitative estimate of drug-likeness (QED) is 0.811. The Kier molecular flexibility index (Phi) is 4.71. The Hall–Kier alpha value is -2.47. The SMILES string of the molecule is C[C@@H](C(=O)O)C(C)(C)CN1Cc2ccc(-c3ccnc(Cl)n3)cc2C1=O. The molecule has 0 aliphatic carbocycles. The summed E-state index contributed by atoms with van der Waals surface area (Å²) in [6.45, 7) is 6.27. The average molecular weight is 374 g/mol. The lowest BCUT2D eigenvalue weighted by Crippen LogP contribution is -2.40. The van der Waals surface area contributed by atoms with E-state index in [0.717, 1.165) is 11.1 Å². The van der Waals surface area contributed by atoms with Gasteiger partial charge in [-0.1, -0.05) is 32.9 Å². The highest BCUT2D eigenvalue weighted by Gasteiger charge is 2.37. The normalized spacial score (nSPS) is 15.1. The number of halogens is 1. The summed E-state index contributed by atoms with van der Waals surface area (Å²) in [5.41, 5.74) is 2.46. The third kappa shape index (κ3) is 3.42. The third-order valence-electron chi connectivity index (χ3n) is 5.05. The van der Waals surface area contributed by atoms with Crippen molar-refractivity contribution in [1.29, 1.82) is 0 Å². The lowest BCUT2D eigenvalue weighted by atomic mass is 9.79. The Morgan fingerprint density at radius 2 is 2.12 bits per heavy atom. The van der Waals surface area contributed by atoms with Gasteiger partial charge in [-0.2, -0.15) is 0 Å². The molecular formula is C19H20ClN3O3. The molecule has 1 N–H and O–H groups in total. The summed E-state index contributed by atoms with van der Waals surface area (Å²) >= 11 is 5.85. The highest BCUT2D eigenvalue weighted by molar-refractivity contribution is 6.28. The molecule has 7 heteroatoms. The van der Waals surface area contributed by atoms with Crippen LogP contribution in [0.2, 0.25) is 5.28 Å². The maximum Gasteiger partial charge on any atom is 0.306 e. The number of carbonyl (C=O) groups excluding carboxylic acids is 1. The van der Waals surface area contributed by atoms with Crippen LogP contribution in [0.5, 0.6) is 0 Å². The minimum absolute atomic E-state index is 0.0901. The summed E-state index contributed by atoms with van der Waals surface area (Å²) in [5, 5.41) is 9.44. The number of hydrogen-bond donors (Lipinski definition) is 1. The van der Waals surface area contributed by atoms with Gasteiger partial charge in [-0.25, -0.2) is 9.97 Å². The van der Waals surface area contributed by atoms with E-state index in [2.05, 4.69) is 9.97 Å². The zero-order valence-corrected chi connectivity index (χ0v) is 15.6. The van der Waals surface area contributed by atoms with Crippen molar-refractivity contribution in [2.45, 2.75) is 27.3 Å². The molecule has 136 valence electrons. The molecule has 2 aromatic rings. The van der Waals surface area contributed by atoms with Crippen molar-refractivity contribution in [2.75, 3.05) is 6.54 Å². The van der Waals surface area contributed by atoms with Crippen LogP contribution in [0.4, 0.5) is 0 Å². The maximum absolute atomic E-state index is 12.8. The summed E-state index contributed by atoms with van der Waals surface area (Å²) in [5.74, 6) is -1.51. The second kappa shape index (κ2) is 6.68. The molecule has 1 aliphatic rings. The monoisotopic (exact) mass is 373 g/mol. The van der Waals surface area contributed by atoms with Crippen molar-refractivity contribution in [2.24, 2.45) is 11.3 Å². The maximum atomic E-state index is 12.8. The summed E-state index contributed by atoms with van der Waals surface area (Å²) < 4.78 is 0. The molecule has 0 radical (unpaired) electrons. The molecule has 2 heterocycles. The number of nitrogens with zero attached hydrogens (tertiary/aromatic N) is 3. The predicted molar refractivity (Wildman–Crippen MR) is 97.8 cm³/mol. The number of aromatic nitrogens is 2. The van der Waals surface area contributed by atoms with Crippen molar-refractivity contribution in [3.63, 3.8) is 0 Å². The van der Waals surface area contributed by atoms with Gasteiger partial charge in [0.25, 0.3) is 5.91 Å². The molecule has 0 saturated heterocycles. The fraction of sp³-hybridized carbons (Fsp3) is 0.368. The number of carbonyl (C=O) groups is 2. The van der Waals surface area contributed by atoms with E-state index in [0.29, 0.717) is 24.3 Å². The summed E-state index contributed by atoms with van der Waals surface area (Å²) in [6.07, 6.45) is 1.57. The number of carboxylic acids is 1. The Labute approximate surface area is 156 Å². The molecule has 1 amide bonds. The Morgan fingerprint density at radius 3 is 2.77 bits per heavy atom. The van der Waals surface area contributed by atoms with Crippen LogP contribution in [-0.4, -0.2) is 38.4 Å². The Morgan fingerprint density at radius 1 is 1.38 bits per heavy atom. The topological polar surface area (TPSA) is 83.4 Å².